The number of carboxylic acids is 1. The van der Waals surface area contributed by atoms with Crippen LogP contribution in [0, 0.1) is 12.8 Å². The first-order valence-electron chi connectivity index (χ1n) is 10.8. The van der Waals surface area contributed by atoms with E-state index in [0.717, 1.165) is 42.2 Å². The highest BCUT2D eigenvalue weighted by atomic mass is 16.4. The van der Waals surface area contributed by atoms with Crippen LogP contribution in [0.3, 0.4) is 0 Å². The molecule has 1 amide bonds. The van der Waals surface area contributed by atoms with Gasteiger partial charge in [-0.2, -0.15) is 0 Å². The van der Waals surface area contributed by atoms with Gasteiger partial charge in [-0.25, -0.2) is 9.59 Å². The van der Waals surface area contributed by atoms with Crippen molar-refractivity contribution in [1.82, 2.24) is 5.32 Å². The molecule has 0 fully saturated rings. The van der Waals surface area contributed by atoms with Gasteiger partial charge in [-0.3, -0.25) is 4.79 Å². The van der Waals surface area contributed by atoms with E-state index in [0.29, 0.717) is 23.2 Å². The highest BCUT2D eigenvalue weighted by Gasteiger charge is 2.26. The van der Waals surface area contributed by atoms with Crippen LogP contribution in [0.4, 0.5) is 0 Å². The van der Waals surface area contributed by atoms with Crippen molar-refractivity contribution in [3.8, 4) is 0 Å². The zero-order valence-electron chi connectivity index (χ0n) is 18.0. The van der Waals surface area contributed by atoms with Crippen molar-refractivity contribution < 1.29 is 23.5 Å². The Morgan fingerprint density at radius 3 is 2.55 bits per heavy atom. The third-order valence-electron chi connectivity index (χ3n) is 6.50. The maximum atomic E-state index is 12.6. The number of rotatable bonds is 6. The van der Waals surface area contributed by atoms with Gasteiger partial charge in [0.1, 0.15) is 23.0 Å². The van der Waals surface area contributed by atoms with E-state index in [-0.39, 0.29) is 17.9 Å². The lowest BCUT2D eigenvalue weighted by Crippen LogP contribution is -2.45. The molecule has 4 rings (SSSR count). The molecule has 0 aliphatic heterocycles. The fourth-order valence-electron chi connectivity index (χ4n) is 4.42. The molecule has 1 aliphatic carbocycles. The van der Waals surface area contributed by atoms with Crippen molar-refractivity contribution in [3.05, 3.63) is 45.0 Å². The molecule has 0 saturated heterocycles. The molecule has 2 heterocycles. The van der Waals surface area contributed by atoms with Crippen molar-refractivity contribution in [2.45, 2.75) is 65.3 Å². The molecule has 164 valence electrons. The van der Waals surface area contributed by atoms with Crippen LogP contribution in [0.25, 0.3) is 21.9 Å². The summed E-state index contributed by atoms with van der Waals surface area (Å²) in [6.45, 7) is 5.43. The molecule has 0 saturated carbocycles. The van der Waals surface area contributed by atoms with Crippen LogP contribution in [-0.2, 0) is 28.9 Å². The third-order valence-corrected chi connectivity index (χ3v) is 6.50. The number of furan rings is 1. The summed E-state index contributed by atoms with van der Waals surface area (Å²) in [5.74, 6) is -0.821. The smallest absolute Gasteiger partial charge is 0.340 e. The number of aliphatic carboxylic acids is 1. The average molecular weight is 425 g/mol. The van der Waals surface area contributed by atoms with Gasteiger partial charge in [0, 0.05) is 28.8 Å². The molecule has 2 atom stereocenters. The van der Waals surface area contributed by atoms with Crippen LogP contribution in [0.2, 0.25) is 0 Å². The van der Waals surface area contributed by atoms with Crippen molar-refractivity contribution in [2.24, 2.45) is 5.92 Å². The Balaban J connectivity index is 1.71. The van der Waals surface area contributed by atoms with Gasteiger partial charge in [0.25, 0.3) is 0 Å². The first-order chi connectivity index (χ1) is 14.8. The molecule has 1 aromatic carbocycles. The topological polar surface area (TPSA) is 110 Å². The summed E-state index contributed by atoms with van der Waals surface area (Å²) in [6.07, 6.45) is 4.48. The molecule has 0 unspecified atom stereocenters. The van der Waals surface area contributed by atoms with E-state index in [1.54, 1.807) is 19.9 Å². The molecule has 0 spiro atoms. The van der Waals surface area contributed by atoms with Gasteiger partial charge in [0.2, 0.25) is 5.91 Å². The second-order valence-electron chi connectivity index (χ2n) is 8.49. The molecular formula is C24H27NO6. The number of carbonyl (C=O) groups is 2. The van der Waals surface area contributed by atoms with E-state index >= 15 is 0 Å². The normalized spacial score (nSPS) is 15.6. The second kappa shape index (κ2) is 8.21. The number of fused-ring (bicyclic) bond motifs is 4. The third kappa shape index (κ3) is 3.84. The molecule has 2 N–H and O–H groups in total. The SMILES string of the molecule is CC[C@@H](C)[C@H](NC(=O)Cc1c(C)c2cc3c4c(oc3cc2oc1=O)CCCC4)C(=O)O. The second-order valence-corrected chi connectivity index (χ2v) is 8.49. The van der Waals surface area contributed by atoms with Gasteiger partial charge < -0.3 is 19.3 Å². The van der Waals surface area contributed by atoms with Crippen molar-refractivity contribution in [3.63, 3.8) is 0 Å². The largest absolute Gasteiger partial charge is 0.480 e. The number of nitrogens with one attached hydrogen (secondary N) is 1. The Kier molecular flexibility index (Phi) is 5.60. The molecule has 2 aromatic heterocycles. The molecule has 1 aliphatic rings. The minimum atomic E-state index is -1.09. The molecule has 7 heteroatoms. The Morgan fingerprint density at radius 1 is 1.13 bits per heavy atom. The van der Waals surface area contributed by atoms with Crippen molar-refractivity contribution in [1.29, 1.82) is 0 Å². The first-order valence-corrected chi connectivity index (χ1v) is 10.8. The number of aryl methyl sites for hydroxylation is 3. The Hall–Kier alpha value is -3.09. The summed E-state index contributed by atoms with van der Waals surface area (Å²) in [6, 6.07) is 2.74. The summed E-state index contributed by atoms with van der Waals surface area (Å²) in [4.78, 5) is 36.7. The Labute approximate surface area is 179 Å². The lowest BCUT2D eigenvalue weighted by molar-refractivity contribution is -0.143. The number of carboxylic acid groups (broad SMARTS) is 1. The van der Waals surface area contributed by atoms with Gasteiger partial charge in [-0.05, 0) is 43.7 Å². The number of carbonyl (C=O) groups excluding carboxylic acids is 1. The van der Waals surface area contributed by atoms with Crippen LogP contribution < -0.4 is 10.9 Å². The molecule has 3 aromatic rings. The van der Waals surface area contributed by atoms with Gasteiger partial charge in [-0.1, -0.05) is 20.3 Å². The maximum Gasteiger partial charge on any atom is 0.340 e. The van der Waals surface area contributed by atoms with Crippen molar-refractivity contribution >= 4 is 33.8 Å². The standard InChI is InChI=1S/C24H27NO6/c1-4-12(2)22(23(27)28)25-21(26)10-16-13(3)15-9-17-14-7-5-6-8-18(14)30-20(17)11-19(15)31-24(16)29/h9,11-12,22H,4-8,10H2,1-3H3,(H,25,26)(H,27,28)/t12-,22+/m1/s1. The predicted octanol–water partition coefficient (Wildman–Crippen LogP) is 3.88. The summed E-state index contributed by atoms with van der Waals surface area (Å²) in [7, 11) is 0. The van der Waals surface area contributed by atoms with Gasteiger partial charge >= 0.3 is 11.6 Å². The quantitative estimate of drug-likeness (QED) is 0.580. The average Bonchev–Trinajstić information content (AvgIpc) is 3.10. The number of hydrogen-bond donors (Lipinski definition) is 2. The molecule has 0 radical (unpaired) electrons. The predicted molar refractivity (Wildman–Crippen MR) is 116 cm³/mol. The molecule has 31 heavy (non-hydrogen) atoms. The number of benzene rings is 1. The maximum absolute atomic E-state index is 12.6. The Morgan fingerprint density at radius 2 is 1.84 bits per heavy atom. The van der Waals surface area contributed by atoms with E-state index in [1.807, 2.05) is 13.0 Å². The van der Waals surface area contributed by atoms with Gasteiger partial charge in [0.15, 0.2) is 0 Å². The number of amides is 1. The lowest BCUT2D eigenvalue weighted by atomic mass is 9.94. The fourth-order valence-corrected chi connectivity index (χ4v) is 4.42. The molecular weight excluding hydrogens is 398 g/mol. The fraction of sp³-hybridized carbons (Fsp3) is 0.458. The summed E-state index contributed by atoms with van der Waals surface area (Å²) < 4.78 is 11.5. The van der Waals surface area contributed by atoms with Crippen LogP contribution >= 0.6 is 0 Å². The monoisotopic (exact) mass is 425 g/mol. The highest BCUT2D eigenvalue weighted by molar-refractivity contribution is 5.97. The van der Waals surface area contributed by atoms with E-state index in [4.69, 9.17) is 8.83 Å². The van der Waals surface area contributed by atoms with Crippen LogP contribution in [0.15, 0.2) is 25.8 Å². The van der Waals surface area contributed by atoms with Gasteiger partial charge in [0.05, 0.1) is 12.0 Å². The minimum absolute atomic E-state index is 0.226. The number of hydrogen-bond acceptors (Lipinski definition) is 5. The first kappa shape index (κ1) is 21.2. The summed E-state index contributed by atoms with van der Waals surface area (Å²) in [5, 5.41) is 13.8. The zero-order chi connectivity index (χ0) is 22.3. The van der Waals surface area contributed by atoms with Crippen LogP contribution in [-0.4, -0.2) is 23.0 Å². The highest BCUT2D eigenvalue weighted by Crippen LogP contribution is 2.35. The Bertz CT molecular complexity index is 1230. The van der Waals surface area contributed by atoms with Crippen LogP contribution in [0.5, 0.6) is 0 Å². The zero-order valence-corrected chi connectivity index (χ0v) is 18.0. The van der Waals surface area contributed by atoms with E-state index in [2.05, 4.69) is 5.32 Å². The van der Waals surface area contributed by atoms with Crippen molar-refractivity contribution in [2.75, 3.05) is 0 Å². The van der Waals surface area contributed by atoms with Gasteiger partial charge in [-0.15, -0.1) is 0 Å². The minimum Gasteiger partial charge on any atom is -0.480 e. The van der Waals surface area contributed by atoms with E-state index in [9.17, 15) is 19.5 Å². The molecule has 0 bridgehead atoms. The molecule has 7 nitrogen and oxygen atoms in total. The van der Waals surface area contributed by atoms with Crippen LogP contribution in [0.1, 0.15) is 55.6 Å². The van der Waals surface area contributed by atoms with E-state index in [1.165, 1.54) is 5.56 Å². The summed E-state index contributed by atoms with van der Waals surface area (Å²) in [5.41, 5.74) is 2.68. The lowest BCUT2D eigenvalue weighted by Gasteiger charge is -2.20. The summed E-state index contributed by atoms with van der Waals surface area (Å²) >= 11 is 0. The van der Waals surface area contributed by atoms with E-state index < -0.39 is 23.5 Å².